The van der Waals surface area contributed by atoms with Crippen LogP contribution in [0.15, 0.2) is 28.8 Å². The average Bonchev–Trinajstić information content (AvgIpc) is 3.48. The SMILES string of the molecule is COCCC1(c2noc(C3CC3)n2)CCN(C(=O)c2cccc(OC)c2)CC1. The van der Waals surface area contributed by atoms with Gasteiger partial charge in [-0.3, -0.25) is 4.79 Å². The predicted octanol–water partition coefficient (Wildman–Crippen LogP) is 3.17. The molecular weight excluding hydrogens is 358 g/mol. The highest BCUT2D eigenvalue weighted by Gasteiger charge is 2.42. The number of ether oxygens (including phenoxy) is 2. The molecule has 0 N–H and O–H groups in total. The number of piperidine rings is 1. The topological polar surface area (TPSA) is 77.7 Å². The van der Waals surface area contributed by atoms with Crippen LogP contribution in [0.3, 0.4) is 0 Å². The van der Waals surface area contributed by atoms with Gasteiger partial charge in [-0.1, -0.05) is 11.2 Å². The van der Waals surface area contributed by atoms with Gasteiger partial charge >= 0.3 is 0 Å². The Morgan fingerprint density at radius 2 is 2.07 bits per heavy atom. The van der Waals surface area contributed by atoms with Crippen LogP contribution < -0.4 is 4.74 Å². The largest absolute Gasteiger partial charge is 0.497 e. The lowest BCUT2D eigenvalue weighted by molar-refractivity contribution is 0.0616. The van der Waals surface area contributed by atoms with Crippen molar-refractivity contribution < 1.29 is 18.8 Å². The maximum atomic E-state index is 12.9. The molecule has 150 valence electrons. The molecule has 4 rings (SSSR count). The first kappa shape index (κ1) is 18.9. The van der Waals surface area contributed by atoms with Crippen molar-refractivity contribution in [3.8, 4) is 5.75 Å². The number of methoxy groups -OCH3 is 2. The van der Waals surface area contributed by atoms with Gasteiger partial charge in [0.2, 0.25) is 5.89 Å². The molecule has 2 aliphatic rings. The van der Waals surface area contributed by atoms with Crippen LogP contribution >= 0.6 is 0 Å². The quantitative estimate of drug-likeness (QED) is 0.729. The van der Waals surface area contributed by atoms with Crippen molar-refractivity contribution >= 4 is 5.91 Å². The van der Waals surface area contributed by atoms with Crippen molar-refractivity contribution in [1.82, 2.24) is 15.0 Å². The molecule has 0 unspecified atom stereocenters. The van der Waals surface area contributed by atoms with Crippen LogP contribution in [0.5, 0.6) is 5.75 Å². The van der Waals surface area contributed by atoms with E-state index in [0.29, 0.717) is 36.9 Å². The highest BCUT2D eigenvalue weighted by Crippen LogP contribution is 2.42. The Morgan fingerprint density at radius 1 is 1.29 bits per heavy atom. The van der Waals surface area contributed by atoms with Crippen molar-refractivity contribution in [2.75, 3.05) is 33.9 Å². The second-order valence-electron chi connectivity index (χ2n) is 7.78. The van der Waals surface area contributed by atoms with E-state index in [9.17, 15) is 4.79 Å². The fraction of sp³-hybridized carbons (Fsp3) is 0.571. The first-order valence-corrected chi connectivity index (χ1v) is 9.91. The number of amides is 1. The Hall–Kier alpha value is -2.41. The van der Waals surface area contributed by atoms with Crippen molar-refractivity contribution in [3.05, 3.63) is 41.5 Å². The fourth-order valence-corrected chi connectivity index (χ4v) is 3.91. The lowest BCUT2D eigenvalue weighted by atomic mass is 9.75. The number of aromatic nitrogens is 2. The number of carbonyl (C=O) groups is 1. The smallest absolute Gasteiger partial charge is 0.253 e. The summed E-state index contributed by atoms with van der Waals surface area (Å²) in [4.78, 5) is 19.5. The average molecular weight is 385 g/mol. The Labute approximate surface area is 165 Å². The van der Waals surface area contributed by atoms with E-state index in [0.717, 1.165) is 43.8 Å². The van der Waals surface area contributed by atoms with Gasteiger partial charge in [-0.2, -0.15) is 4.98 Å². The van der Waals surface area contributed by atoms with Crippen LogP contribution in [0.1, 0.15) is 60.1 Å². The lowest BCUT2D eigenvalue weighted by Crippen LogP contribution is -2.46. The molecule has 0 spiro atoms. The van der Waals surface area contributed by atoms with E-state index in [1.807, 2.05) is 23.1 Å². The molecule has 1 saturated heterocycles. The van der Waals surface area contributed by atoms with Gasteiger partial charge in [-0.15, -0.1) is 0 Å². The van der Waals surface area contributed by atoms with Crippen LogP contribution in [0.2, 0.25) is 0 Å². The van der Waals surface area contributed by atoms with E-state index >= 15 is 0 Å². The standard InChI is InChI=1S/C21H27N3O4/c1-26-13-10-21(20-22-18(28-23-20)15-6-7-15)8-11-24(12-9-21)19(25)16-4-3-5-17(14-16)27-2/h3-5,14-15H,6-13H2,1-2H3. The molecule has 1 amide bonds. The van der Waals surface area contributed by atoms with Gasteiger partial charge in [0.05, 0.1) is 7.11 Å². The van der Waals surface area contributed by atoms with Crippen LogP contribution in [0, 0.1) is 0 Å². The number of carbonyl (C=O) groups excluding carboxylic acids is 1. The fourth-order valence-electron chi connectivity index (χ4n) is 3.91. The molecule has 2 heterocycles. The maximum Gasteiger partial charge on any atom is 0.253 e. The summed E-state index contributed by atoms with van der Waals surface area (Å²) in [6.45, 7) is 1.96. The minimum absolute atomic E-state index is 0.0334. The Balaban J connectivity index is 1.48. The van der Waals surface area contributed by atoms with Crippen molar-refractivity contribution in [2.24, 2.45) is 0 Å². The van der Waals surface area contributed by atoms with E-state index in [1.54, 1.807) is 20.3 Å². The third kappa shape index (κ3) is 3.76. The zero-order valence-corrected chi connectivity index (χ0v) is 16.5. The maximum absolute atomic E-state index is 12.9. The molecule has 1 aromatic carbocycles. The summed E-state index contributed by atoms with van der Waals surface area (Å²) in [5, 5.41) is 4.32. The summed E-state index contributed by atoms with van der Waals surface area (Å²) in [5.41, 5.74) is 0.456. The zero-order valence-electron chi connectivity index (χ0n) is 16.5. The van der Waals surface area contributed by atoms with E-state index < -0.39 is 0 Å². The number of hydrogen-bond acceptors (Lipinski definition) is 6. The number of benzene rings is 1. The van der Waals surface area contributed by atoms with E-state index in [4.69, 9.17) is 19.0 Å². The molecule has 2 fully saturated rings. The summed E-state index contributed by atoms with van der Waals surface area (Å²) >= 11 is 0. The van der Waals surface area contributed by atoms with Crippen LogP contribution in [-0.4, -0.2) is 54.9 Å². The molecular formula is C21H27N3O4. The Kier molecular flexibility index (Phi) is 5.35. The van der Waals surface area contributed by atoms with E-state index in [2.05, 4.69) is 5.16 Å². The Bertz CT molecular complexity index is 823. The van der Waals surface area contributed by atoms with Crippen LogP contribution in [0.25, 0.3) is 0 Å². The van der Waals surface area contributed by atoms with Gasteiger partial charge < -0.3 is 18.9 Å². The van der Waals surface area contributed by atoms with Gasteiger partial charge in [-0.05, 0) is 50.3 Å². The second-order valence-corrected chi connectivity index (χ2v) is 7.78. The molecule has 0 atom stereocenters. The van der Waals surface area contributed by atoms with E-state index in [1.165, 1.54) is 0 Å². The highest BCUT2D eigenvalue weighted by atomic mass is 16.5. The number of rotatable bonds is 7. The van der Waals surface area contributed by atoms with Gasteiger partial charge in [0, 0.05) is 43.7 Å². The molecule has 0 bridgehead atoms. The number of nitrogens with zero attached hydrogens (tertiary/aromatic N) is 3. The third-order valence-corrected chi connectivity index (χ3v) is 5.95. The number of likely N-dealkylation sites (tertiary alicyclic amines) is 1. The predicted molar refractivity (Wildman–Crippen MR) is 103 cm³/mol. The van der Waals surface area contributed by atoms with Gasteiger partial charge in [0.15, 0.2) is 5.82 Å². The molecule has 1 saturated carbocycles. The monoisotopic (exact) mass is 385 g/mol. The normalized spacial score (nSPS) is 18.9. The minimum atomic E-state index is -0.197. The summed E-state index contributed by atoms with van der Waals surface area (Å²) < 4.78 is 16.1. The second kappa shape index (κ2) is 7.91. The van der Waals surface area contributed by atoms with Crippen molar-refractivity contribution in [1.29, 1.82) is 0 Å². The van der Waals surface area contributed by atoms with Gasteiger partial charge in [0.1, 0.15) is 5.75 Å². The van der Waals surface area contributed by atoms with Gasteiger partial charge in [-0.25, -0.2) is 0 Å². The first-order chi connectivity index (χ1) is 13.6. The summed E-state index contributed by atoms with van der Waals surface area (Å²) in [6, 6.07) is 7.31. The highest BCUT2D eigenvalue weighted by molar-refractivity contribution is 5.94. The van der Waals surface area contributed by atoms with Crippen molar-refractivity contribution in [2.45, 2.75) is 43.4 Å². The summed E-state index contributed by atoms with van der Waals surface area (Å²) in [7, 11) is 3.32. The molecule has 28 heavy (non-hydrogen) atoms. The molecule has 1 aromatic heterocycles. The summed E-state index contributed by atoms with van der Waals surface area (Å²) in [5.74, 6) is 2.71. The third-order valence-electron chi connectivity index (χ3n) is 5.95. The molecule has 1 aliphatic carbocycles. The molecule has 7 nitrogen and oxygen atoms in total. The minimum Gasteiger partial charge on any atom is -0.497 e. The van der Waals surface area contributed by atoms with Crippen LogP contribution in [-0.2, 0) is 10.2 Å². The molecule has 1 aliphatic heterocycles. The molecule has 2 aromatic rings. The van der Waals surface area contributed by atoms with Crippen LogP contribution in [0.4, 0.5) is 0 Å². The van der Waals surface area contributed by atoms with E-state index in [-0.39, 0.29) is 11.3 Å². The van der Waals surface area contributed by atoms with Gasteiger partial charge in [0.25, 0.3) is 5.91 Å². The lowest BCUT2D eigenvalue weighted by Gasteiger charge is -2.39. The molecule has 7 heteroatoms. The first-order valence-electron chi connectivity index (χ1n) is 9.91. The van der Waals surface area contributed by atoms with Crippen molar-refractivity contribution in [3.63, 3.8) is 0 Å². The zero-order chi connectivity index (χ0) is 19.6. The summed E-state index contributed by atoms with van der Waals surface area (Å²) in [6.07, 6.45) is 4.70. The number of hydrogen-bond donors (Lipinski definition) is 0. The molecule has 0 radical (unpaired) electrons. The Morgan fingerprint density at radius 3 is 2.75 bits per heavy atom.